The summed E-state index contributed by atoms with van der Waals surface area (Å²) >= 11 is 9.18. The first-order chi connectivity index (χ1) is 8.50. The maximum absolute atomic E-state index is 12.4. The molecule has 0 aliphatic carbocycles. The quantitative estimate of drug-likeness (QED) is 0.795. The van der Waals surface area contributed by atoms with Gasteiger partial charge >= 0.3 is 0 Å². The van der Waals surface area contributed by atoms with Gasteiger partial charge < -0.3 is 0 Å². The van der Waals surface area contributed by atoms with Gasteiger partial charge in [-0.25, -0.2) is 0 Å². The van der Waals surface area contributed by atoms with Crippen LogP contribution in [-0.2, 0) is 0 Å². The maximum atomic E-state index is 12.4. The molecule has 0 fully saturated rings. The van der Waals surface area contributed by atoms with Gasteiger partial charge in [0.05, 0.1) is 10.7 Å². The molecule has 0 unspecified atom stereocenters. The number of ketones is 1. The summed E-state index contributed by atoms with van der Waals surface area (Å²) in [6.45, 7) is 3.97. The third-order valence-corrected chi connectivity index (χ3v) is 3.39. The molecule has 0 aliphatic rings. The SMILES string of the molecule is CC(C)n1ncc(Br)c1C(=O)c1ccc(Cl)cc1. The van der Waals surface area contributed by atoms with Crippen LogP contribution in [0.4, 0.5) is 0 Å². The summed E-state index contributed by atoms with van der Waals surface area (Å²) in [6.07, 6.45) is 1.64. The van der Waals surface area contributed by atoms with E-state index in [1.165, 1.54) is 0 Å². The van der Waals surface area contributed by atoms with Crippen molar-refractivity contribution in [1.82, 2.24) is 9.78 Å². The second-order valence-electron chi connectivity index (χ2n) is 4.22. The molecule has 1 aromatic carbocycles. The van der Waals surface area contributed by atoms with Gasteiger partial charge in [0, 0.05) is 16.6 Å². The van der Waals surface area contributed by atoms with E-state index in [9.17, 15) is 4.79 Å². The van der Waals surface area contributed by atoms with Crippen molar-refractivity contribution in [3.8, 4) is 0 Å². The van der Waals surface area contributed by atoms with Gasteiger partial charge in [-0.2, -0.15) is 5.10 Å². The molecule has 2 aromatic rings. The molecule has 0 spiro atoms. The van der Waals surface area contributed by atoms with E-state index >= 15 is 0 Å². The summed E-state index contributed by atoms with van der Waals surface area (Å²) in [7, 11) is 0. The molecular weight excluding hydrogens is 316 g/mol. The normalized spacial score (nSPS) is 10.9. The number of carbonyl (C=O) groups is 1. The molecule has 0 radical (unpaired) electrons. The number of hydrogen-bond acceptors (Lipinski definition) is 2. The summed E-state index contributed by atoms with van der Waals surface area (Å²) in [6, 6.07) is 6.98. The van der Waals surface area contributed by atoms with Crippen LogP contribution in [0, 0.1) is 0 Å². The molecule has 0 saturated heterocycles. The monoisotopic (exact) mass is 326 g/mol. The fraction of sp³-hybridized carbons (Fsp3) is 0.231. The molecule has 3 nitrogen and oxygen atoms in total. The number of nitrogens with zero attached hydrogens (tertiary/aromatic N) is 2. The minimum atomic E-state index is -0.0651. The fourth-order valence-corrected chi connectivity index (χ4v) is 2.26. The van der Waals surface area contributed by atoms with E-state index in [4.69, 9.17) is 11.6 Å². The molecule has 1 heterocycles. The van der Waals surface area contributed by atoms with Crippen LogP contribution in [0.25, 0.3) is 0 Å². The van der Waals surface area contributed by atoms with Gasteiger partial charge in [0.15, 0.2) is 0 Å². The van der Waals surface area contributed by atoms with Crippen molar-refractivity contribution in [3.05, 3.63) is 51.2 Å². The van der Waals surface area contributed by atoms with Crippen LogP contribution >= 0.6 is 27.5 Å². The number of halogens is 2. The van der Waals surface area contributed by atoms with Crippen LogP contribution in [0.5, 0.6) is 0 Å². The van der Waals surface area contributed by atoms with Crippen LogP contribution < -0.4 is 0 Å². The Morgan fingerprint density at radius 3 is 2.50 bits per heavy atom. The Bertz CT molecular complexity index is 575. The zero-order valence-electron chi connectivity index (χ0n) is 10.0. The zero-order valence-corrected chi connectivity index (χ0v) is 12.4. The first kappa shape index (κ1) is 13.3. The van der Waals surface area contributed by atoms with E-state index in [-0.39, 0.29) is 11.8 Å². The lowest BCUT2D eigenvalue weighted by atomic mass is 10.1. The smallest absolute Gasteiger partial charge is 0.212 e. The molecule has 0 aliphatic heterocycles. The first-order valence-electron chi connectivity index (χ1n) is 5.54. The van der Waals surface area contributed by atoms with E-state index < -0.39 is 0 Å². The van der Waals surface area contributed by atoms with Crippen LogP contribution in [0.1, 0.15) is 35.9 Å². The van der Waals surface area contributed by atoms with Crippen LogP contribution in [-0.4, -0.2) is 15.6 Å². The highest BCUT2D eigenvalue weighted by atomic mass is 79.9. The molecule has 5 heteroatoms. The maximum Gasteiger partial charge on any atom is 0.212 e. The second-order valence-corrected chi connectivity index (χ2v) is 5.51. The summed E-state index contributed by atoms with van der Waals surface area (Å²) in [4.78, 5) is 12.4. The molecule has 0 N–H and O–H groups in total. The van der Waals surface area contributed by atoms with Gasteiger partial charge in [-0.1, -0.05) is 11.6 Å². The van der Waals surface area contributed by atoms with Crippen molar-refractivity contribution in [2.24, 2.45) is 0 Å². The lowest BCUT2D eigenvalue weighted by Crippen LogP contribution is -2.13. The van der Waals surface area contributed by atoms with Crippen molar-refractivity contribution in [3.63, 3.8) is 0 Å². The number of benzene rings is 1. The van der Waals surface area contributed by atoms with Gasteiger partial charge in [0.2, 0.25) is 5.78 Å². The van der Waals surface area contributed by atoms with Crippen LogP contribution in [0.2, 0.25) is 5.02 Å². The molecule has 94 valence electrons. The molecule has 18 heavy (non-hydrogen) atoms. The van der Waals surface area contributed by atoms with Gasteiger partial charge in [-0.15, -0.1) is 0 Å². The van der Waals surface area contributed by atoms with E-state index in [1.807, 2.05) is 13.8 Å². The minimum absolute atomic E-state index is 0.0651. The minimum Gasteiger partial charge on any atom is -0.287 e. The van der Waals surface area contributed by atoms with Crippen molar-refractivity contribution in [2.45, 2.75) is 19.9 Å². The average Bonchev–Trinajstić information content (AvgIpc) is 2.71. The van der Waals surface area contributed by atoms with E-state index in [0.717, 1.165) is 0 Å². The van der Waals surface area contributed by atoms with Crippen LogP contribution in [0.15, 0.2) is 34.9 Å². The Labute approximate surface area is 119 Å². The lowest BCUT2D eigenvalue weighted by molar-refractivity contribution is 0.102. The zero-order chi connectivity index (χ0) is 13.3. The summed E-state index contributed by atoms with van der Waals surface area (Å²) in [5.41, 5.74) is 1.16. The Balaban J connectivity index is 2.45. The molecular formula is C13H12BrClN2O. The lowest BCUT2D eigenvalue weighted by Gasteiger charge is -2.10. The molecule has 0 atom stereocenters. The summed E-state index contributed by atoms with van der Waals surface area (Å²) in [5.74, 6) is -0.0651. The van der Waals surface area contributed by atoms with Gasteiger partial charge in [0.1, 0.15) is 5.69 Å². The molecule has 1 aromatic heterocycles. The highest BCUT2D eigenvalue weighted by Crippen LogP contribution is 2.23. The predicted octanol–water partition coefficient (Wildman–Crippen LogP) is 4.11. The topological polar surface area (TPSA) is 34.9 Å². The molecule has 2 rings (SSSR count). The Morgan fingerprint density at radius 2 is 1.94 bits per heavy atom. The largest absolute Gasteiger partial charge is 0.287 e. The number of aromatic nitrogens is 2. The fourth-order valence-electron chi connectivity index (χ4n) is 1.68. The second kappa shape index (κ2) is 5.24. The van der Waals surface area contributed by atoms with Gasteiger partial charge in [0.25, 0.3) is 0 Å². The highest BCUT2D eigenvalue weighted by Gasteiger charge is 2.20. The number of rotatable bonds is 3. The van der Waals surface area contributed by atoms with Crippen molar-refractivity contribution in [1.29, 1.82) is 0 Å². The van der Waals surface area contributed by atoms with Gasteiger partial charge in [-0.3, -0.25) is 9.48 Å². The Hall–Kier alpha value is -1.13. The van der Waals surface area contributed by atoms with Gasteiger partial charge in [-0.05, 0) is 54.0 Å². The third-order valence-electron chi connectivity index (χ3n) is 2.56. The highest BCUT2D eigenvalue weighted by molar-refractivity contribution is 9.10. The Morgan fingerprint density at radius 1 is 1.33 bits per heavy atom. The van der Waals surface area contributed by atoms with Crippen LogP contribution in [0.3, 0.4) is 0 Å². The standard InChI is InChI=1S/C13H12BrClN2O/c1-8(2)17-12(11(14)7-16-17)13(18)9-3-5-10(15)6-4-9/h3-8H,1-2H3. The third kappa shape index (κ3) is 2.49. The average molecular weight is 328 g/mol. The van der Waals surface area contributed by atoms with Crippen molar-refractivity contribution < 1.29 is 4.79 Å². The van der Waals surface area contributed by atoms with Crippen molar-refractivity contribution in [2.75, 3.05) is 0 Å². The summed E-state index contributed by atoms with van der Waals surface area (Å²) < 4.78 is 2.41. The van der Waals surface area contributed by atoms with E-state index in [2.05, 4.69) is 21.0 Å². The number of hydrogen-bond donors (Lipinski definition) is 0. The van der Waals surface area contributed by atoms with E-state index in [0.29, 0.717) is 20.8 Å². The summed E-state index contributed by atoms with van der Waals surface area (Å²) in [5, 5.41) is 4.82. The number of carbonyl (C=O) groups excluding carboxylic acids is 1. The predicted molar refractivity (Wildman–Crippen MR) is 75.2 cm³/mol. The Kier molecular flexibility index (Phi) is 3.88. The first-order valence-corrected chi connectivity index (χ1v) is 6.71. The van der Waals surface area contributed by atoms with Crippen molar-refractivity contribution >= 4 is 33.3 Å². The molecule has 0 bridgehead atoms. The molecule has 0 saturated carbocycles. The van der Waals surface area contributed by atoms with E-state index in [1.54, 1.807) is 35.1 Å². The molecule has 0 amide bonds.